The van der Waals surface area contributed by atoms with Gasteiger partial charge in [-0.15, -0.1) is 0 Å². The van der Waals surface area contributed by atoms with Gasteiger partial charge in [0.05, 0.1) is 66.1 Å². The topological polar surface area (TPSA) is 172 Å². The number of hydrogen-bond acceptors (Lipinski definition) is 13. The van der Waals surface area contributed by atoms with Gasteiger partial charge in [-0.3, -0.25) is 19.7 Å². The maximum absolute atomic E-state index is 14.3. The Morgan fingerprint density at radius 1 is 0.782 bits per heavy atom. The van der Waals surface area contributed by atoms with E-state index in [0.717, 1.165) is 11.1 Å². The zero-order valence-corrected chi connectivity index (χ0v) is 31.0. The predicted octanol–water partition coefficient (Wildman–Crippen LogP) is 5.81. The minimum Gasteiger partial charge on any atom is -0.493 e. The van der Waals surface area contributed by atoms with Crippen molar-refractivity contribution in [3.8, 4) is 46.0 Å². The van der Waals surface area contributed by atoms with Gasteiger partial charge in [-0.05, 0) is 71.1 Å². The monoisotopic (exact) mass is 756 g/mol. The van der Waals surface area contributed by atoms with Crippen LogP contribution in [0.25, 0.3) is 11.6 Å². The fraction of sp³-hybridized carbons (Fsp3) is 0.300. The standard InChI is InChI=1S/C31H28N2O10.C9H12O3/c1-38-26-11-18(12-27(39-2)29(26)40-3)21(8-16-5-4-6-19(7-16)33(36)37)30(34)32-28-20-13-25-24(42-15-43-25)10-17(20)9-22-23(28)14-41-31(22)35;1-10-7-5-4-6-8(11-2)9(7)12-3/h4-8,10-13,22-23,28H,9,14-15H2,1-3H3,(H,32,34);4-6H,1-3H3/b21-8+;/t22-,23?,28?;/m1./s1. The van der Waals surface area contributed by atoms with E-state index in [0.29, 0.717) is 63.5 Å². The number of carbonyl (C=O) groups is 2. The van der Waals surface area contributed by atoms with E-state index in [9.17, 15) is 19.7 Å². The summed E-state index contributed by atoms with van der Waals surface area (Å²) < 4.78 is 48.4. The molecule has 288 valence electrons. The second-order valence-electron chi connectivity index (χ2n) is 12.5. The number of nitro groups is 1. The highest BCUT2D eigenvalue weighted by molar-refractivity contribution is 6.24. The lowest BCUT2D eigenvalue weighted by atomic mass is 9.73. The van der Waals surface area contributed by atoms with E-state index in [1.807, 2.05) is 30.3 Å². The summed E-state index contributed by atoms with van der Waals surface area (Å²) >= 11 is 0. The van der Waals surface area contributed by atoms with Crippen molar-refractivity contribution >= 4 is 29.2 Å². The first-order chi connectivity index (χ1) is 26.6. The SMILES string of the molecule is COc1cc(/C(=C\c2cccc([N+](=O)[O-])c2)C(=O)NC2c3cc4c(cc3C[C@H]3C(=O)OCC23)OCO4)cc(OC)c1OC.COc1cccc(OC)c1OC. The van der Waals surface area contributed by atoms with E-state index in [1.165, 1.54) is 33.5 Å². The highest BCUT2D eigenvalue weighted by Gasteiger charge is 2.47. The first-order valence-corrected chi connectivity index (χ1v) is 17.1. The number of nitrogens with zero attached hydrogens (tertiary/aromatic N) is 1. The van der Waals surface area contributed by atoms with Crippen molar-refractivity contribution in [3.05, 3.63) is 99.1 Å². The van der Waals surface area contributed by atoms with Crippen LogP contribution in [0.5, 0.6) is 46.0 Å². The fourth-order valence-corrected chi connectivity index (χ4v) is 6.91. The lowest BCUT2D eigenvalue weighted by molar-refractivity contribution is -0.384. The molecule has 2 aliphatic heterocycles. The normalized spacial score (nSPS) is 17.7. The maximum atomic E-state index is 14.3. The molecule has 4 aromatic carbocycles. The van der Waals surface area contributed by atoms with Gasteiger partial charge in [-0.25, -0.2) is 0 Å². The summed E-state index contributed by atoms with van der Waals surface area (Å²) in [5.74, 6) is 2.53. The molecule has 1 aliphatic carbocycles. The minimum atomic E-state index is -0.599. The molecule has 0 saturated carbocycles. The number of benzene rings is 4. The first-order valence-electron chi connectivity index (χ1n) is 17.1. The number of amides is 1. The number of cyclic esters (lactones) is 1. The van der Waals surface area contributed by atoms with Crippen molar-refractivity contribution in [1.29, 1.82) is 0 Å². The molecule has 55 heavy (non-hydrogen) atoms. The van der Waals surface area contributed by atoms with Crippen molar-refractivity contribution in [2.24, 2.45) is 11.8 Å². The van der Waals surface area contributed by atoms with Crippen LogP contribution in [-0.4, -0.2) is 72.9 Å². The Bertz CT molecular complexity index is 2080. The molecule has 3 aliphatic rings. The number of nitro benzene ring substituents is 1. The summed E-state index contributed by atoms with van der Waals surface area (Å²) in [7, 11) is 9.17. The van der Waals surface area contributed by atoms with Crippen LogP contribution in [0, 0.1) is 22.0 Å². The molecule has 1 saturated heterocycles. The van der Waals surface area contributed by atoms with Gasteiger partial charge >= 0.3 is 5.97 Å². The number of fused-ring (bicyclic) bond motifs is 3. The van der Waals surface area contributed by atoms with Crippen LogP contribution in [-0.2, 0) is 20.7 Å². The third-order valence-electron chi connectivity index (χ3n) is 9.56. The summed E-state index contributed by atoms with van der Waals surface area (Å²) in [5.41, 5.74) is 2.55. The quantitative estimate of drug-likeness (QED) is 0.0640. The Kier molecular flexibility index (Phi) is 11.5. The number of hydrogen-bond donors (Lipinski definition) is 1. The third kappa shape index (κ3) is 7.72. The third-order valence-corrected chi connectivity index (χ3v) is 9.56. The lowest BCUT2D eigenvalue weighted by Gasteiger charge is -2.34. The number of esters is 1. The molecular formula is C40H40N2O13. The van der Waals surface area contributed by atoms with E-state index >= 15 is 0 Å². The summed E-state index contributed by atoms with van der Waals surface area (Å²) in [6.45, 7) is 0.234. The van der Waals surface area contributed by atoms with E-state index in [2.05, 4.69) is 5.32 Å². The number of carbonyl (C=O) groups excluding carboxylic acids is 2. The average Bonchev–Trinajstić information content (AvgIpc) is 3.83. The number of rotatable bonds is 11. The Morgan fingerprint density at radius 2 is 1.38 bits per heavy atom. The summed E-state index contributed by atoms with van der Waals surface area (Å²) in [6, 6.07) is 17.8. The van der Waals surface area contributed by atoms with Crippen molar-refractivity contribution in [1.82, 2.24) is 5.32 Å². The maximum Gasteiger partial charge on any atom is 0.309 e. The summed E-state index contributed by atoms with van der Waals surface area (Å²) in [6.07, 6.45) is 2.01. The average molecular weight is 757 g/mol. The molecule has 0 spiro atoms. The van der Waals surface area contributed by atoms with Gasteiger partial charge in [-0.1, -0.05) is 18.2 Å². The van der Waals surface area contributed by atoms with Gasteiger partial charge in [-0.2, -0.15) is 0 Å². The molecule has 0 aromatic heterocycles. The zero-order valence-electron chi connectivity index (χ0n) is 31.0. The Hall–Kier alpha value is -6.64. The van der Waals surface area contributed by atoms with Crippen molar-refractivity contribution in [3.63, 3.8) is 0 Å². The number of non-ortho nitro benzene ring substituents is 1. The van der Waals surface area contributed by atoms with Gasteiger partial charge in [0, 0.05) is 23.6 Å². The molecule has 3 atom stereocenters. The molecule has 4 aromatic rings. The van der Waals surface area contributed by atoms with Crippen LogP contribution in [0.4, 0.5) is 5.69 Å². The van der Waals surface area contributed by atoms with Gasteiger partial charge in [0.1, 0.15) is 0 Å². The lowest BCUT2D eigenvalue weighted by Crippen LogP contribution is -2.41. The fourth-order valence-electron chi connectivity index (χ4n) is 6.91. The highest BCUT2D eigenvalue weighted by Crippen LogP contribution is 2.47. The summed E-state index contributed by atoms with van der Waals surface area (Å²) in [5, 5.41) is 14.6. The smallest absolute Gasteiger partial charge is 0.309 e. The molecule has 1 N–H and O–H groups in total. The Labute approximate surface area is 316 Å². The van der Waals surface area contributed by atoms with Crippen LogP contribution in [0.2, 0.25) is 0 Å². The number of para-hydroxylation sites is 1. The predicted molar refractivity (Wildman–Crippen MR) is 198 cm³/mol. The first kappa shape index (κ1) is 38.1. The highest BCUT2D eigenvalue weighted by atomic mass is 16.7. The second kappa shape index (κ2) is 16.6. The molecule has 7 rings (SSSR count). The van der Waals surface area contributed by atoms with Gasteiger partial charge in [0.2, 0.25) is 18.3 Å². The summed E-state index contributed by atoms with van der Waals surface area (Å²) in [4.78, 5) is 37.9. The molecule has 1 fully saturated rings. The second-order valence-corrected chi connectivity index (χ2v) is 12.5. The van der Waals surface area contributed by atoms with Crippen LogP contribution < -0.4 is 43.2 Å². The van der Waals surface area contributed by atoms with Crippen molar-refractivity contribution < 1.29 is 57.1 Å². The molecule has 2 unspecified atom stereocenters. The van der Waals surface area contributed by atoms with Gasteiger partial charge in [0.15, 0.2) is 34.5 Å². The van der Waals surface area contributed by atoms with Crippen LogP contribution in [0.3, 0.4) is 0 Å². The van der Waals surface area contributed by atoms with Gasteiger partial charge in [0.25, 0.3) is 11.6 Å². The van der Waals surface area contributed by atoms with E-state index < -0.39 is 22.8 Å². The largest absolute Gasteiger partial charge is 0.493 e. The van der Waals surface area contributed by atoms with Crippen LogP contribution >= 0.6 is 0 Å². The van der Waals surface area contributed by atoms with Crippen LogP contribution in [0.15, 0.2) is 66.7 Å². The number of ether oxygens (including phenoxy) is 9. The molecule has 15 nitrogen and oxygen atoms in total. The van der Waals surface area contributed by atoms with E-state index in [1.54, 1.807) is 51.7 Å². The van der Waals surface area contributed by atoms with Gasteiger partial charge < -0.3 is 47.9 Å². The number of nitrogens with one attached hydrogen (secondary N) is 1. The zero-order chi connectivity index (χ0) is 39.2. The van der Waals surface area contributed by atoms with Crippen molar-refractivity contribution in [2.75, 3.05) is 56.1 Å². The molecule has 1 amide bonds. The molecule has 0 radical (unpaired) electrons. The Balaban J connectivity index is 0.000000367. The van der Waals surface area contributed by atoms with E-state index in [-0.39, 0.29) is 36.5 Å². The Morgan fingerprint density at radius 3 is 1.98 bits per heavy atom. The number of methoxy groups -OCH3 is 6. The molecule has 2 heterocycles. The molecule has 0 bridgehead atoms. The molecular weight excluding hydrogens is 716 g/mol. The van der Waals surface area contributed by atoms with E-state index in [4.69, 9.17) is 42.6 Å². The molecule has 15 heteroatoms. The minimum absolute atomic E-state index is 0.0847. The van der Waals surface area contributed by atoms with Crippen LogP contribution in [0.1, 0.15) is 28.3 Å². The van der Waals surface area contributed by atoms with Crippen molar-refractivity contribution in [2.45, 2.75) is 12.5 Å².